The number of aromatic nitrogens is 2. The molecule has 0 fully saturated rings. The van der Waals surface area contributed by atoms with Crippen LogP contribution in [-0.2, 0) is 11.3 Å². The molecule has 106 valence electrons. The van der Waals surface area contributed by atoms with Gasteiger partial charge in [0.25, 0.3) is 0 Å². The maximum absolute atomic E-state index is 11.7. The Morgan fingerprint density at radius 2 is 2.35 bits per heavy atom. The van der Waals surface area contributed by atoms with Crippen LogP contribution in [0.3, 0.4) is 0 Å². The fraction of sp³-hybridized carbons (Fsp3) is 0.273. The summed E-state index contributed by atoms with van der Waals surface area (Å²) in [5.74, 6) is -0.414. The Labute approximate surface area is 117 Å². The number of nitrogens with zero attached hydrogens (tertiary/aromatic N) is 2. The zero-order chi connectivity index (χ0) is 14.5. The molecule has 9 heteroatoms. The standard InChI is InChI=1S/C11H12N4O4S/c1-6-13-8(15-19-6)5-12-11(18)14-9(10(16)17)7-3-2-4-20-7/h2-4,9H,5H2,1H3,(H,16,17)(H2,12,14,18). The number of carboxylic acids is 1. The lowest BCUT2D eigenvalue weighted by Crippen LogP contribution is -2.40. The van der Waals surface area contributed by atoms with E-state index in [1.807, 2.05) is 0 Å². The van der Waals surface area contributed by atoms with Gasteiger partial charge in [-0.25, -0.2) is 9.59 Å². The first-order chi connectivity index (χ1) is 9.56. The molecule has 0 aliphatic heterocycles. The molecule has 0 aliphatic carbocycles. The van der Waals surface area contributed by atoms with E-state index in [2.05, 4.69) is 20.8 Å². The van der Waals surface area contributed by atoms with E-state index in [-0.39, 0.29) is 6.54 Å². The molecule has 0 aliphatic rings. The molecule has 3 N–H and O–H groups in total. The van der Waals surface area contributed by atoms with Gasteiger partial charge in [0.05, 0.1) is 6.54 Å². The summed E-state index contributed by atoms with van der Waals surface area (Å²) in [6.45, 7) is 1.69. The first kappa shape index (κ1) is 14.0. The minimum atomic E-state index is -1.13. The van der Waals surface area contributed by atoms with Crippen molar-refractivity contribution in [2.75, 3.05) is 0 Å². The second kappa shape index (κ2) is 6.15. The van der Waals surface area contributed by atoms with Crippen LogP contribution >= 0.6 is 11.3 Å². The van der Waals surface area contributed by atoms with Crippen LogP contribution in [0.2, 0.25) is 0 Å². The van der Waals surface area contributed by atoms with Crippen LogP contribution in [0.5, 0.6) is 0 Å². The number of amides is 2. The smallest absolute Gasteiger partial charge is 0.331 e. The van der Waals surface area contributed by atoms with E-state index >= 15 is 0 Å². The Balaban J connectivity index is 1.90. The van der Waals surface area contributed by atoms with E-state index in [1.54, 1.807) is 24.4 Å². The quantitative estimate of drug-likeness (QED) is 0.759. The topological polar surface area (TPSA) is 117 Å². The highest BCUT2D eigenvalue weighted by molar-refractivity contribution is 7.10. The third kappa shape index (κ3) is 3.54. The fourth-order valence-corrected chi connectivity index (χ4v) is 2.23. The number of hydrogen-bond acceptors (Lipinski definition) is 6. The molecule has 0 aromatic carbocycles. The number of urea groups is 1. The molecule has 0 radical (unpaired) electrons. The molecule has 2 amide bonds. The van der Waals surface area contributed by atoms with Crippen LogP contribution in [0.15, 0.2) is 22.0 Å². The summed E-state index contributed by atoms with van der Waals surface area (Å²) in [5.41, 5.74) is 0. The summed E-state index contributed by atoms with van der Waals surface area (Å²) >= 11 is 1.26. The highest BCUT2D eigenvalue weighted by Crippen LogP contribution is 2.18. The van der Waals surface area contributed by atoms with Crippen molar-refractivity contribution in [3.05, 3.63) is 34.1 Å². The molecule has 2 aromatic rings. The second-order valence-corrected chi connectivity index (χ2v) is 4.82. The molecular weight excluding hydrogens is 284 g/mol. The molecule has 0 saturated carbocycles. The van der Waals surface area contributed by atoms with E-state index in [1.165, 1.54) is 11.3 Å². The lowest BCUT2D eigenvalue weighted by molar-refractivity contribution is -0.139. The molecule has 2 aromatic heterocycles. The maximum Gasteiger partial charge on any atom is 0.331 e. The number of hydrogen-bond donors (Lipinski definition) is 3. The van der Waals surface area contributed by atoms with Crippen LogP contribution in [-0.4, -0.2) is 27.2 Å². The number of aliphatic carboxylic acids is 1. The number of rotatable bonds is 5. The largest absolute Gasteiger partial charge is 0.479 e. The van der Waals surface area contributed by atoms with Gasteiger partial charge in [-0.15, -0.1) is 11.3 Å². The van der Waals surface area contributed by atoms with Crippen LogP contribution in [0.1, 0.15) is 22.6 Å². The van der Waals surface area contributed by atoms with Gasteiger partial charge >= 0.3 is 12.0 Å². The minimum absolute atomic E-state index is 0.0555. The molecule has 0 bridgehead atoms. The van der Waals surface area contributed by atoms with Crippen molar-refractivity contribution in [2.24, 2.45) is 0 Å². The molecule has 2 heterocycles. The highest BCUT2D eigenvalue weighted by atomic mass is 32.1. The predicted molar refractivity (Wildman–Crippen MR) is 69.1 cm³/mol. The van der Waals surface area contributed by atoms with E-state index in [0.717, 1.165) is 0 Å². The van der Waals surface area contributed by atoms with Crippen molar-refractivity contribution in [1.82, 2.24) is 20.8 Å². The summed E-state index contributed by atoms with van der Waals surface area (Å²) in [7, 11) is 0. The van der Waals surface area contributed by atoms with Gasteiger partial charge in [0.1, 0.15) is 0 Å². The Kier molecular flexibility index (Phi) is 4.31. The zero-order valence-electron chi connectivity index (χ0n) is 10.5. The summed E-state index contributed by atoms with van der Waals surface area (Å²) in [5, 5.41) is 19.3. The second-order valence-electron chi connectivity index (χ2n) is 3.84. The monoisotopic (exact) mass is 296 g/mol. The SMILES string of the molecule is Cc1nc(CNC(=O)NC(C(=O)O)c2cccs2)no1. The zero-order valence-corrected chi connectivity index (χ0v) is 11.3. The molecule has 1 atom stereocenters. The molecule has 1 unspecified atom stereocenters. The normalized spacial score (nSPS) is 11.8. The molecular formula is C11H12N4O4S. The van der Waals surface area contributed by atoms with Gasteiger partial charge in [-0.05, 0) is 11.4 Å². The number of nitrogens with one attached hydrogen (secondary N) is 2. The van der Waals surface area contributed by atoms with Crippen LogP contribution < -0.4 is 10.6 Å². The summed E-state index contributed by atoms with van der Waals surface area (Å²) in [6.07, 6.45) is 0. The third-order valence-corrected chi connectivity index (χ3v) is 3.26. The Morgan fingerprint density at radius 1 is 1.55 bits per heavy atom. The Bertz CT molecular complexity index is 595. The number of carbonyl (C=O) groups is 2. The molecule has 20 heavy (non-hydrogen) atoms. The van der Waals surface area contributed by atoms with Gasteiger partial charge in [-0.1, -0.05) is 11.2 Å². The van der Waals surface area contributed by atoms with Crippen molar-refractivity contribution in [1.29, 1.82) is 0 Å². The predicted octanol–water partition coefficient (Wildman–Crippen LogP) is 1.06. The molecule has 0 saturated heterocycles. The highest BCUT2D eigenvalue weighted by Gasteiger charge is 2.22. The number of thiophene rings is 1. The minimum Gasteiger partial charge on any atom is -0.479 e. The Morgan fingerprint density at radius 3 is 2.90 bits per heavy atom. The number of carbonyl (C=O) groups excluding carboxylic acids is 1. The van der Waals surface area contributed by atoms with Gasteiger partial charge in [-0.2, -0.15) is 4.98 Å². The lowest BCUT2D eigenvalue weighted by atomic mass is 10.2. The van der Waals surface area contributed by atoms with Crippen molar-refractivity contribution in [3.8, 4) is 0 Å². The third-order valence-electron chi connectivity index (χ3n) is 2.33. The summed E-state index contributed by atoms with van der Waals surface area (Å²) in [6, 6.07) is 1.67. The average molecular weight is 296 g/mol. The van der Waals surface area contributed by atoms with Gasteiger partial charge in [-0.3, -0.25) is 0 Å². The number of carboxylic acid groups (broad SMARTS) is 1. The van der Waals surface area contributed by atoms with Crippen molar-refractivity contribution >= 4 is 23.3 Å². The fourth-order valence-electron chi connectivity index (χ4n) is 1.46. The van der Waals surface area contributed by atoms with Crippen molar-refractivity contribution in [3.63, 3.8) is 0 Å². The van der Waals surface area contributed by atoms with E-state index in [4.69, 9.17) is 9.63 Å². The summed E-state index contributed by atoms with van der Waals surface area (Å²) in [4.78, 5) is 27.3. The van der Waals surface area contributed by atoms with Crippen molar-refractivity contribution < 1.29 is 19.2 Å². The maximum atomic E-state index is 11.7. The van der Waals surface area contributed by atoms with Crippen LogP contribution in [0, 0.1) is 6.92 Å². The van der Waals surface area contributed by atoms with Crippen LogP contribution in [0.4, 0.5) is 4.79 Å². The first-order valence-corrected chi connectivity index (χ1v) is 6.54. The van der Waals surface area contributed by atoms with E-state index in [9.17, 15) is 9.59 Å². The summed E-state index contributed by atoms with van der Waals surface area (Å²) < 4.78 is 4.75. The van der Waals surface area contributed by atoms with Crippen molar-refractivity contribution in [2.45, 2.75) is 19.5 Å². The first-order valence-electron chi connectivity index (χ1n) is 5.66. The molecule has 2 rings (SSSR count). The molecule has 0 spiro atoms. The van der Waals surface area contributed by atoms with Crippen LogP contribution in [0.25, 0.3) is 0 Å². The van der Waals surface area contributed by atoms with E-state index in [0.29, 0.717) is 16.6 Å². The Hall–Kier alpha value is -2.42. The van der Waals surface area contributed by atoms with E-state index < -0.39 is 18.0 Å². The lowest BCUT2D eigenvalue weighted by Gasteiger charge is -2.13. The van der Waals surface area contributed by atoms with Gasteiger partial charge in [0, 0.05) is 11.8 Å². The number of aryl methyl sites for hydroxylation is 1. The van der Waals surface area contributed by atoms with Gasteiger partial charge < -0.3 is 20.3 Å². The molecule has 8 nitrogen and oxygen atoms in total. The van der Waals surface area contributed by atoms with Gasteiger partial charge in [0.15, 0.2) is 11.9 Å². The van der Waals surface area contributed by atoms with Gasteiger partial charge in [0.2, 0.25) is 5.89 Å². The average Bonchev–Trinajstić information content (AvgIpc) is 3.04.